The fourth-order valence-corrected chi connectivity index (χ4v) is 7.46. The SMILES string of the molecule is Fc1ccc(-c2c3ccccc3c(-c3ccc4ccc5c(-c6ccc(C(F)(F)F)cc6)ccc6ccc3c4c65)c3ccccc23)cc1. The van der Waals surface area contributed by atoms with Gasteiger partial charge in [-0.15, -0.1) is 0 Å². The van der Waals surface area contributed by atoms with E-state index in [4.69, 9.17) is 0 Å². The summed E-state index contributed by atoms with van der Waals surface area (Å²) in [4.78, 5) is 0. The monoisotopic (exact) mass is 616 g/mol. The Morgan fingerprint density at radius 1 is 0.362 bits per heavy atom. The van der Waals surface area contributed by atoms with Gasteiger partial charge >= 0.3 is 6.18 Å². The maximum Gasteiger partial charge on any atom is 0.416 e. The van der Waals surface area contributed by atoms with Crippen LogP contribution >= 0.6 is 0 Å². The lowest BCUT2D eigenvalue weighted by Crippen LogP contribution is -2.04. The molecule has 0 nitrogen and oxygen atoms in total. The van der Waals surface area contributed by atoms with Gasteiger partial charge in [0.25, 0.3) is 0 Å². The highest BCUT2D eigenvalue weighted by Crippen LogP contribution is 2.48. The van der Waals surface area contributed by atoms with Crippen LogP contribution in [0.2, 0.25) is 0 Å². The Morgan fingerprint density at radius 2 is 0.809 bits per heavy atom. The number of hydrogen-bond acceptors (Lipinski definition) is 0. The molecule has 0 saturated carbocycles. The minimum atomic E-state index is -4.39. The van der Waals surface area contributed by atoms with E-state index in [0.29, 0.717) is 0 Å². The van der Waals surface area contributed by atoms with Crippen LogP contribution in [0.5, 0.6) is 0 Å². The Bertz CT molecular complexity index is 2590. The van der Waals surface area contributed by atoms with Gasteiger partial charge in [0.2, 0.25) is 0 Å². The topological polar surface area (TPSA) is 0 Å². The third-order valence-electron chi connectivity index (χ3n) is 9.52. The first kappa shape index (κ1) is 27.6. The van der Waals surface area contributed by atoms with Gasteiger partial charge in [-0.05, 0) is 112 Å². The summed E-state index contributed by atoms with van der Waals surface area (Å²) in [5, 5.41) is 10.9. The molecule has 0 spiro atoms. The molecule has 9 aromatic rings. The van der Waals surface area contributed by atoms with Crippen molar-refractivity contribution in [2.75, 3.05) is 0 Å². The van der Waals surface area contributed by atoms with E-state index in [-0.39, 0.29) is 5.82 Å². The lowest BCUT2D eigenvalue weighted by molar-refractivity contribution is -0.137. The lowest BCUT2D eigenvalue weighted by atomic mass is 9.83. The van der Waals surface area contributed by atoms with Crippen LogP contribution in [0.3, 0.4) is 0 Å². The van der Waals surface area contributed by atoms with Crippen LogP contribution in [0.1, 0.15) is 5.56 Å². The number of benzene rings is 9. The van der Waals surface area contributed by atoms with Crippen molar-refractivity contribution in [3.63, 3.8) is 0 Å². The number of fused-ring (bicyclic) bond motifs is 2. The normalized spacial score (nSPS) is 12.3. The third kappa shape index (κ3) is 4.21. The molecule has 9 aromatic carbocycles. The van der Waals surface area contributed by atoms with Crippen molar-refractivity contribution < 1.29 is 17.6 Å². The van der Waals surface area contributed by atoms with Gasteiger partial charge in [0.05, 0.1) is 5.56 Å². The molecule has 0 N–H and O–H groups in total. The molecule has 0 radical (unpaired) electrons. The number of hydrogen-bond donors (Lipinski definition) is 0. The van der Waals surface area contributed by atoms with Crippen molar-refractivity contribution >= 4 is 53.9 Å². The summed E-state index contributed by atoms with van der Waals surface area (Å²) in [5.41, 5.74) is 5.23. The van der Waals surface area contributed by atoms with Crippen LogP contribution in [0.25, 0.3) is 87.2 Å². The minimum Gasteiger partial charge on any atom is -0.207 e. The number of halogens is 4. The molecule has 0 unspecified atom stereocenters. The van der Waals surface area contributed by atoms with E-state index < -0.39 is 11.7 Å². The van der Waals surface area contributed by atoms with E-state index in [0.717, 1.165) is 99.4 Å². The molecule has 0 amide bonds. The quantitative estimate of drug-likeness (QED) is 0.105. The average Bonchev–Trinajstić information content (AvgIpc) is 3.10. The van der Waals surface area contributed by atoms with Gasteiger partial charge in [-0.1, -0.05) is 121 Å². The summed E-state index contributed by atoms with van der Waals surface area (Å²) in [5.74, 6) is -0.269. The summed E-state index contributed by atoms with van der Waals surface area (Å²) in [6, 6.07) is 45.8. The largest absolute Gasteiger partial charge is 0.416 e. The predicted octanol–water partition coefficient (Wildman–Crippen LogP) is 13.0. The molecule has 0 saturated heterocycles. The van der Waals surface area contributed by atoms with Crippen molar-refractivity contribution in [2.24, 2.45) is 0 Å². The predicted molar refractivity (Wildman–Crippen MR) is 186 cm³/mol. The van der Waals surface area contributed by atoms with Gasteiger partial charge in [-0.25, -0.2) is 4.39 Å². The molecule has 0 heterocycles. The first-order valence-corrected chi connectivity index (χ1v) is 15.4. The zero-order valence-corrected chi connectivity index (χ0v) is 24.9. The first-order valence-electron chi connectivity index (χ1n) is 15.4. The van der Waals surface area contributed by atoms with Gasteiger partial charge in [0, 0.05) is 0 Å². The lowest BCUT2D eigenvalue weighted by Gasteiger charge is -2.20. The van der Waals surface area contributed by atoms with Gasteiger partial charge in [0.1, 0.15) is 5.82 Å². The number of alkyl halides is 3. The van der Waals surface area contributed by atoms with E-state index >= 15 is 0 Å². The van der Waals surface area contributed by atoms with Crippen molar-refractivity contribution in [1.29, 1.82) is 0 Å². The molecule has 0 bridgehead atoms. The molecule has 0 atom stereocenters. The van der Waals surface area contributed by atoms with Crippen molar-refractivity contribution in [3.8, 4) is 33.4 Å². The summed E-state index contributed by atoms with van der Waals surface area (Å²) < 4.78 is 54.0. The minimum absolute atomic E-state index is 0.269. The van der Waals surface area contributed by atoms with Gasteiger partial charge in [0.15, 0.2) is 0 Å². The molecule has 224 valence electrons. The Kier molecular flexibility index (Phi) is 5.94. The zero-order valence-electron chi connectivity index (χ0n) is 24.9. The third-order valence-corrected chi connectivity index (χ3v) is 9.52. The molecule has 9 rings (SSSR count). The van der Waals surface area contributed by atoms with E-state index in [1.807, 2.05) is 30.3 Å². The highest BCUT2D eigenvalue weighted by Gasteiger charge is 2.30. The Morgan fingerprint density at radius 3 is 1.34 bits per heavy atom. The summed E-state index contributed by atoms with van der Waals surface area (Å²) in [7, 11) is 0. The van der Waals surface area contributed by atoms with E-state index in [9.17, 15) is 17.6 Å². The molecule has 0 fully saturated rings. The standard InChI is InChI=1S/C43H24F4/c44-30-19-11-26(12-20-30)39-32-5-1-3-7-34(32)42(35-8-4-2-6-33(35)39)38-24-16-28-14-22-36-31(25-9-17-29(18-10-25)43(45,46)47)21-13-27-15-23-37(38)41(28)40(27)36/h1-24H. The summed E-state index contributed by atoms with van der Waals surface area (Å²) in [6.45, 7) is 0. The summed E-state index contributed by atoms with van der Waals surface area (Å²) in [6.07, 6.45) is -4.39. The Balaban J connectivity index is 1.35. The van der Waals surface area contributed by atoms with E-state index in [1.54, 1.807) is 12.1 Å². The summed E-state index contributed by atoms with van der Waals surface area (Å²) >= 11 is 0. The van der Waals surface area contributed by atoms with Gasteiger partial charge < -0.3 is 0 Å². The van der Waals surface area contributed by atoms with Crippen LogP contribution in [0.15, 0.2) is 146 Å². The second-order valence-corrected chi connectivity index (χ2v) is 12.1. The fourth-order valence-electron chi connectivity index (χ4n) is 7.46. The maximum absolute atomic E-state index is 14.0. The fraction of sp³-hybridized carbons (Fsp3) is 0.0233. The van der Waals surface area contributed by atoms with Crippen LogP contribution in [-0.4, -0.2) is 0 Å². The molecule has 0 aliphatic rings. The van der Waals surface area contributed by atoms with Gasteiger partial charge in [-0.2, -0.15) is 13.2 Å². The van der Waals surface area contributed by atoms with Crippen molar-refractivity contribution in [2.45, 2.75) is 6.18 Å². The van der Waals surface area contributed by atoms with E-state index in [1.165, 1.54) is 12.1 Å². The smallest absolute Gasteiger partial charge is 0.207 e. The number of rotatable bonds is 3. The van der Waals surface area contributed by atoms with Crippen molar-refractivity contribution in [1.82, 2.24) is 0 Å². The molecular weight excluding hydrogens is 592 g/mol. The molecule has 4 heteroatoms. The highest BCUT2D eigenvalue weighted by molar-refractivity contribution is 6.30. The molecular formula is C43H24F4. The van der Waals surface area contributed by atoms with Crippen LogP contribution < -0.4 is 0 Å². The molecule has 0 aromatic heterocycles. The maximum atomic E-state index is 14.0. The second kappa shape index (κ2) is 10.1. The highest BCUT2D eigenvalue weighted by atomic mass is 19.4. The zero-order chi connectivity index (χ0) is 31.9. The van der Waals surface area contributed by atoms with Crippen LogP contribution in [-0.2, 0) is 6.18 Å². The van der Waals surface area contributed by atoms with E-state index in [2.05, 4.69) is 78.9 Å². The average molecular weight is 617 g/mol. The Hall–Kier alpha value is -5.74. The van der Waals surface area contributed by atoms with Crippen molar-refractivity contribution in [3.05, 3.63) is 157 Å². The van der Waals surface area contributed by atoms with Crippen LogP contribution in [0, 0.1) is 5.82 Å². The molecule has 0 aliphatic heterocycles. The first-order chi connectivity index (χ1) is 22.9. The Labute approximate surface area is 267 Å². The molecule has 47 heavy (non-hydrogen) atoms. The van der Waals surface area contributed by atoms with Gasteiger partial charge in [-0.3, -0.25) is 0 Å². The molecule has 0 aliphatic carbocycles. The van der Waals surface area contributed by atoms with Crippen LogP contribution in [0.4, 0.5) is 17.6 Å². The second-order valence-electron chi connectivity index (χ2n) is 12.1.